The van der Waals surface area contributed by atoms with E-state index in [0.717, 1.165) is 11.3 Å². The van der Waals surface area contributed by atoms with Crippen molar-refractivity contribution in [2.45, 2.75) is 24.1 Å². The number of nitrogens with one attached hydrogen (secondary N) is 1. The first-order chi connectivity index (χ1) is 11.5. The molecule has 2 aromatic heterocycles. The van der Waals surface area contributed by atoms with E-state index in [9.17, 15) is 18.4 Å². The molecule has 0 radical (unpaired) electrons. The highest BCUT2D eigenvalue weighted by Gasteiger charge is 2.18. The molecule has 0 aliphatic heterocycles. The Morgan fingerprint density at radius 1 is 1.46 bits per heavy atom. The molecule has 1 amide bonds. The molecule has 2 rings (SSSR count). The number of halogens is 2. The van der Waals surface area contributed by atoms with E-state index in [1.165, 1.54) is 18.3 Å². The highest BCUT2D eigenvalue weighted by molar-refractivity contribution is 7.99. The van der Waals surface area contributed by atoms with Gasteiger partial charge in [-0.05, 0) is 30.8 Å². The summed E-state index contributed by atoms with van der Waals surface area (Å²) in [6.07, 6.45) is 1.34. The van der Waals surface area contributed by atoms with Crippen molar-refractivity contribution in [3.63, 3.8) is 0 Å². The second-order valence-corrected chi connectivity index (χ2v) is 6.15. The van der Waals surface area contributed by atoms with E-state index in [4.69, 9.17) is 4.74 Å². The molecule has 0 aliphatic rings. The number of aromatic nitrogens is 2. The van der Waals surface area contributed by atoms with Crippen LogP contribution in [0.5, 0.6) is 0 Å². The Morgan fingerprint density at radius 3 is 2.96 bits per heavy atom. The molecular formula is C14H13F2N3O3S2. The molecule has 24 heavy (non-hydrogen) atoms. The molecule has 0 unspecified atom stereocenters. The normalized spacial score (nSPS) is 10.7. The number of hydrogen-bond acceptors (Lipinski definition) is 7. The number of hydrogen-bond donors (Lipinski definition) is 1. The molecule has 6 nitrogen and oxygen atoms in total. The predicted octanol–water partition coefficient (Wildman–Crippen LogP) is 3.21. The molecule has 0 bridgehead atoms. The van der Waals surface area contributed by atoms with Crippen LogP contribution < -0.4 is 5.32 Å². The van der Waals surface area contributed by atoms with Gasteiger partial charge in [0.15, 0.2) is 5.13 Å². The number of pyridine rings is 1. The maximum Gasteiger partial charge on any atom is 0.311 e. The van der Waals surface area contributed by atoms with Crippen LogP contribution in [0.25, 0.3) is 0 Å². The standard InChI is InChI=1S/C14H13F2N3O3S2/c1-2-22-10(20)6-8-7-23-14(18-8)19-11(21)9-4-3-5-17-12(9)24-13(15)16/h3-5,7,13H,2,6H2,1H3,(H,18,19,21). The van der Waals surface area contributed by atoms with Gasteiger partial charge in [0.1, 0.15) is 5.03 Å². The van der Waals surface area contributed by atoms with E-state index >= 15 is 0 Å². The summed E-state index contributed by atoms with van der Waals surface area (Å²) >= 11 is 1.33. The Hall–Kier alpha value is -2.07. The molecule has 0 saturated heterocycles. The van der Waals surface area contributed by atoms with E-state index in [1.54, 1.807) is 12.3 Å². The molecule has 2 heterocycles. The number of amides is 1. The Morgan fingerprint density at radius 2 is 2.25 bits per heavy atom. The third-order valence-electron chi connectivity index (χ3n) is 2.62. The van der Waals surface area contributed by atoms with Gasteiger partial charge < -0.3 is 4.74 Å². The minimum atomic E-state index is -2.68. The highest BCUT2D eigenvalue weighted by Crippen LogP contribution is 2.27. The van der Waals surface area contributed by atoms with Crippen LogP contribution in [-0.4, -0.2) is 34.2 Å². The fraction of sp³-hybridized carbons (Fsp3) is 0.286. The maximum absolute atomic E-state index is 12.5. The van der Waals surface area contributed by atoms with Crippen LogP contribution in [0.3, 0.4) is 0 Å². The number of ether oxygens (including phenoxy) is 1. The van der Waals surface area contributed by atoms with Crippen LogP contribution in [0, 0.1) is 0 Å². The zero-order valence-corrected chi connectivity index (χ0v) is 14.1. The summed E-state index contributed by atoms with van der Waals surface area (Å²) in [5, 5.41) is 4.33. The minimum Gasteiger partial charge on any atom is -0.466 e. The van der Waals surface area contributed by atoms with Crippen LogP contribution in [0.2, 0.25) is 0 Å². The summed E-state index contributed by atoms with van der Waals surface area (Å²) in [6, 6.07) is 2.89. The predicted molar refractivity (Wildman–Crippen MR) is 86.5 cm³/mol. The van der Waals surface area contributed by atoms with Gasteiger partial charge in [-0.1, -0.05) is 0 Å². The Bertz CT molecular complexity index is 725. The van der Waals surface area contributed by atoms with Crippen LogP contribution >= 0.6 is 23.1 Å². The molecule has 0 spiro atoms. The summed E-state index contributed by atoms with van der Waals surface area (Å²) in [6.45, 7) is 1.98. The summed E-state index contributed by atoms with van der Waals surface area (Å²) in [5.41, 5.74) is 0.493. The van der Waals surface area contributed by atoms with Gasteiger partial charge >= 0.3 is 5.97 Å². The van der Waals surface area contributed by atoms with Gasteiger partial charge in [-0.25, -0.2) is 9.97 Å². The summed E-state index contributed by atoms with van der Waals surface area (Å²) < 4.78 is 29.8. The number of nitrogens with zero attached hydrogens (tertiary/aromatic N) is 2. The van der Waals surface area contributed by atoms with Crippen molar-refractivity contribution in [2.75, 3.05) is 11.9 Å². The molecule has 0 aromatic carbocycles. The zero-order valence-electron chi connectivity index (χ0n) is 12.5. The second kappa shape index (κ2) is 8.69. The topological polar surface area (TPSA) is 81.2 Å². The molecule has 0 saturated carbocycles. The zero-order chi connectivity index (χ0) is 17.5. The van der Waals surface area contributed by atoms with Crippen molar-refractivity contribution in [1.29, 1.82) is 0 Å². The average Bonchev–Trinajstić information content (AvgIpc) is 2.94. The van der Waals surface area contributed by atoms with Gasteiger partial charge in [0.05, 0.1) is 24.3 Å². The number of rotatable bonds is 7. The van der Waals surface area contributed by atoms with Gasteiger partial charge in [0, 0.05) is 11.6 Å². The number of carbonyl (C=O) groups is 2. The molecule has 10 heteroatoms. The lowest BCUT2D eigenvalue weighted by molar-refractivity contribution is -0.142. The molecule has 128 valence electrons. The third-order valence-corrected chi connectivity index (χ3v) is 4.15. The van der Waals surface area contributed by atoms with Gasteiger partial charge in [-0.2, -0.15) is 8.78 Å². The first kappa shape index (κ1) is 18.3. The van der Waals surface area contributed by atoms with Crippen LogP contribution in [0.15, 0.2) is 28.7 Å². The Balaban J connectivity index is 2.05. The smallest absolute Gasteiger partial charge is 0.311 e. The molecule has 2 aromatic rings. The van der Waals surface area contributed by atoms with Crippen molar-refractivity contribution in [1.82, 2.24) is 9.97 Å². The first-order valence-corrected chi connectivity index (χ1v) is 8.56. The van der Waals surface area contributed by atoms with Crippen LogP contribution in [-0.2, 0) is 16.0 Å². The van der Waals surface area contributed by atoms with Crippen LogP contribution in [0.1, 0.15) is 23.0 Å². The largest absolute Gasteiger partial charge is 0.466 e. The van der Waals surface area contributed by atoms with E-state index in [0.29, 0.717) is 5.69 Å². The minimum absolute atomic E-state index is 0.000409. The van der Waals surface area contributed by atoms with Gasteiger partial charge in [0.2, 0.25) is 0 Å². The number of anilines is 1. The van der Waals surface area contributed by atoms with Crippen LogP contribution in [0.4, 0.5) is 13.9 Å². The Kier molecular flexibility index (Phi) is 6.62. The highest BCUT2D eigenvalue weighted by atomic mass is 32.2. The molecule has 0 fully saturated rings. The van der Waals surface area contributed by atoms with Gasteiger partial charge in [-0.15, -0.1) is 11.3 Å². The third kappa shape index (κ3) is 5.24. The number of thiazole rings is 1. The van der Waals surface area contributed by atoms with Crippen molar-refractivity contribution in [3.8, 4) is 0 Å². The second-order valence-electron chi connectivity index (χ2n) is 4.31. The number of alkyl halides is 2. The summed E-state index contributed by atoms with van der Waals surface area (Å²) in [7, 11) is 0. The van der Waals surface area contributed by atoms with E-state index in [2.05, 4.69) is 15.3 Å². The lowest BCUT2D eigenvalue weighted by Crippen LogP contribution is -2.14. The SMILES string of the molecule is CCOC(=O)Cc1csc(NC(=O)c2cccnc2SC(F)F)n1. The Labute approximate surface area is 144 Å². The molecule has 0 aliphatic carbocycles. The maximum atomic E-state index is 12.5. The van der Waals surface area contributed by atoms with Gasteiger partial charge in [0.25, 0.3) is 11.7 Å². The van der Waals surface area contributed by atoms with E-state index in [-0.39, 0.29) is 40.5 Å². The van der Waals surface area contributed by atoms with Crippen molar-refractivity contribution in [2.24, 2.45) is 0 Å². The molecule has 0 atom stereocenters. The van der Waals surface area contributed by atoms with Crippen molar-refractivity contribution >= 4 is 40.1 Å². The molecule has 1 N–H and O–H groups in total. The quantitative estimate of drug-likeness (QED) is 0.593. The van der Waals surface area contributed by atoms with Gasteiger partial charge in [-0.3, -0.25) is 14.9 Å². The monoisotopic (exact) mass is 373 g/mol. The average molecular weight is 373 g/mol. The summed E-state index contributed by atoms with van der Waals surface area (Å²) in [4.78, 5) is 31.5. The lowest BCUT2D eigenvalue weighted by Gasteiger charge is -2.06. The van der Waals surface area contributed by atoms with E-state index < -0.39 is 17.6 Å². The number of thioether (sulfide) groups is 1. The summed E-state index contributed by atoms with van der Waals surface area (Å²) in [5.74, 6) is -3.69. The van der Waals surface area contributed by atoms with Crippen molar-refractivity contribution < 1.29 is 23.1 Å². The fourth-order valence-electron chi connectivity index (χ4n) is 1.71. The lowest BCUT2D eigenvalue weighted by atomic mass is 10.3. The molecular weight excluding hydrogens is 360 g/mol. The fourth-order valence-corrected chi connectivity index (χ4v) is 3.00. The van der Waals surface area contributed by atoms with E-state index in [1.807, 2.05) is 0 Å². The number of carbonyl (C=O) groups excluding carboxylic acids is 2. The van der Waals surface area contributed by atoms with Crippen molar-refractivity contribution in [3.05, 3.63) is 35.0 Å². The first-order valence-electron chi connectivity index (χ1n) is 6.80. The number of esters is 1.